The van der Waals surface area contributed by atoms with Crippen molar-refractivity contribution in [3.8, 4) is 0 Å². The topological polar surface area (TPSA) is 40.6 Å². The van der Waals surface area contributed by atoms with Gasteiger partial charge >= 0.3 is 0 Å². The average Bonchev–Trinajstić information content (AvgIpc) is 2.63. The standard InChI is InChI=1S/C20H20N2O2/c23-18-14-21(12-10-15-6-2-1-3-7-15)20(24)19-17-9-5-4-8-16(17)11-13-22(18)19/h1-9,19H,10-14H2. The van der Waals surface area contributed by atoms with Crippen LogP contribution in [0.25, 0.3) is 0 Å². The molecule has 0 bridgehead atoms. The summed E-state index contributed by atoms with van der Waals surface area (Å²) in [5, 5.41) is 0. The van der Waals surface area contributed by atoms with Crippen LogP contribution in [0.3, 0.4) is 0 Å². The number of piperazine rings is 1. The van der Waals surface area contributed by atoms with E-state index < -0.39 is 6.04 Å². The van der Waals surface area contributed by atoms with Crippen molar-refractivity contribution in [1.82, 2.24) is 9.80 Å². The van der Waals surface area contributed by atoms with Crippen molar-refractivity contribution < 1.29 is 9.59 Å². The molecule has 0 radical (unpaired) electrons. The molecule has 0 aliphatic carbocycles. The molecule has 1 unspecified atom stereocenters. The molecule has 0 saturated carbocycles. The fraction of sp³-hybridized carbons (Fsp3) is 0.300. The van der Waals surface area contributed by atoms with Gasteiger partial charge in [0.1, 0.15) is 6.04 Å². The minimum absolute atomic E-state index is 0.0534. The van der Waals surface area contributed by atoms with Gasteiger partial charge in [0, 0.05) is 13.1 Å². The molecule has 2 amide bonds. The van der Waals surface area contributed by atoms with Crippen molar-refractivity contribution in [2.24, 2.45) is 0 Å². The van der Waals surface area contributed by atoms with E-state index in [9.17, 15) is 9.59 Å². The monoisotopic (exact) mass is 320 g/mol. The summed E-state index contributed by atoms with van der Waals surface area (Å²) in [5.74, 6) is 0.111. The van der Waals surface area contributed by atoms with Crippen LogP contribution in [0.2, 0.25) is 0 Å². The normalized spacial score (nSPS) is 19.9. The number of carbonyl (C=O) groups is 2. The van der Waals surface area contributed by atoms with E-state index in [0.717, 1.165) is 18.4 Å². The molecule has 4 nitrogen and oxygen atoms in total. The average molecular weight is 320 g/mol. The maximum Gasteiger partial charge on any atom is 0.250 e. The number of carbonyl (C=O) groups excluding carboxylic acids is 2. The molecule has 0 aromatic heterocycles. The van der Waals surface area contributed by atoms with Gasteiger partial charge < -0.3 is 9.80 Å². The zero-order valence-electron chi connectivity index (χ0n) is 13.5. The van der Waals surface area contributed by atoms with Gasteiger partial charge in [0.2, 0.25) is 5.91 Å². The Morgan fingerprint density at radius 1 is 0.958 bits per heavy atom. The number of benzene rings is 2. The number of amides is 2. The molecule has 2 aromatic carbocycles. The highest BCUT2D eigenvalue weighted by Crippen LogP contribution is 2.33. The van der Waals surface area contributed by atoms with Gasteiger partial charge in [0.15, 0.2) is 0 Å². The second-order valence-corrected chi connectivity index (χ2v) is 6.43. The van der Waals surface area contributed by atoms with Gasteiger partial charge in [-0.15, -0.1) is 0 Å². The van der Waals surface area contributed by atoms with Crippen LogP contribution in [-0.4, -0.2) is 41.2 Å². The molecule has 24 heavy (non-hydrogen) atoms. The Hall–Kier alpha value is -2.62. The molecule has 0 spiro atoms. The van der Waals surface area contributed by atoms with Crippen LogP contribution in [0.1, 0.15) is 22.7 Å². The highest BCUT2D eigenvalue weighted by atomic mass is 16.2. The molecule has 1 fully saturated rings. The maximum absolute atomic E-state index is 13.0. The molecule has 122 valence electrons. The van der Waals surface area contributed by atoms with Gasteiger partial charge in [0.25, 0.3) is 5.91 Å². The van der Waals surface area contributed by atoms with Crippen molar-refractivity contribution in [2.45, 2.75) is 18.9 Å². The van der Waals surface area contributed by atoms with E-state index in [2.05, 4.69) is 18.2 Å². The molecule has 4 rings (SSSR count). The van der Waals surface area contributed by atoms with E-state index in [-0.39, 0.29) is 18.4 Å². The van der Waals surface area contributed by atoms with Gasteiger partial charge in [-0.05, 0) is 29.5 Å². The first kappa shape index (κ1) is 14.9. The minimum atomic E-state index is -0.438. The summed E-state index contributed by atoms with van der Waals surface area (Å²) in [5.41, 5.74) is 3.36. The predicted molar refractivity (Wildman–Crippen MR) is 91.3 cm³/mol. The Balaban J connectivity index is 1.57. The third kappa shape index (κ3) is 2.58. The Kier molecular flexibility index (Phi) is 3.81. The van der Waals surface area contributed by atoms with Crippen LogP contribution in [0.4, 0.5) is 0 Å². The lowest BCUT2D eigenvalue weighted by molar-refractivity contribution is -0.156. The van der Waals surface area contributed by atoms with Crippen LogP contribution in [0.15, 0.2) is 54.6 Å². The van der Waals surface area contributed by atoms with E-state index in [1.54, 1.807) is 9.80 Å². The van der Waals surface area contributed by atoms with E-state index in [0.29, 0.717) is 13.1 Å². The van der Waals surface area contributed by atoms with Crippen LogP contribution in [-0.2, 0) is 22.4 Å². The molecular formula is C20H20N2O2. The third-order valence-corrected chi connectivity index (χ3v) is 4.99. The lowest BCUT2D eigenvalue weighted by Crippen LogP contribution is -2.57. The Bertz CT molecular complexity index is 772. The molecule has 0 N–H and O–H groups in total. The summed E-state index contributed by atoms with van der Waals surface area (Å²) < 4.78 is 0. The Morgan fingerprint density at radius 3 is 2.54 bits per heavy atom. The van der Waals surface area contributed by atoms with Gasteiger partial charge in [-0.1, -0.05) is 54.6 Å². The predicted octanol–water partition coefficient (Wildman–Crippen LogP) is 2.20. The maximum atomic E-state index is 13.0. The van der Waals surface area contributed by atoms with Crippen molar-refractivity contribution in [2.75, 3.05) is 19.6 Å². The molecule has 2 heterocycles. The largest absolute Gasteiger partial charge is 0.331 e. The minimum Gasteiger partial charge on any atom is -0.331 e. The van der Waals surface area contributed by atoms with Crippen molar-refractivity contribution >= 4 is 11.8 Å². The zero-order chi connectivity index (χ0) is 16.5. The van der Waals surface area contributed by atoms with E-state index in [4.69, 9.17) is 0 Å². The lowest BCUT2D eigenvalue weighted by Gasteiger charge is -2.43. The second-order valence-electron chi connectivity index (χ2n) is 6.43. The van der Waals surface area contributed by atoms with Crippen molar-refractivity contribution in [1.29, 1.82) is 0 Å². The van der Waals surface area contributed by atoms with E-state index >= 15 is 0 Å². The number of rotatable bonds is 3. The van der Waals surface area contributed by atoms with Gasteiger partial charge in [-0.2, -0.15) is 0 Å². The zero-order valence-corrected chi connectivity index (χ0v) is 13.5. The molecule has 2 aliphatic rings. The summed E-state index contributed by atoms with van der Waals surface area (Å²) in [6.45, 7) is 1.42. The van der Waals surface area contributed by atoms with Crippen LogP contribution in [0.5, 0.6) is 0 Å². The lowest BCUT2D eigenvalue weighted by atomic mass is 9.90. The van der Waals surface area contributed by atoms with Crippen LogP contribution < -0.4 is 0 Å². The second kappa shape index (κ2) is 6.11. The molecule has 2 aliphatic heterocycles. The van der Waals surface area contributed by atoms with Crippen LogP contribution >= 0.6 is 0 Å². The van der Waals surface area contributed by atoms with Crippen molar-refractivity contribution in [3.05, 3.63) is 71.3 Å². The number of nitrogens with zero attached hydrogens (tertiary/aromatic N) is 2. The molecule has 2 aromatic rings. The molecule has 1 atom stereocenters. The summed E-state index contributed by atoms with van der Waals surface area (Å²) in [4.78, 5) is 29.0. The quantitative estimate of drug-likeness (QED) is 0.870. The Labute approximate surface area is 141 Å². The highest BCUT2D eigenvalue weighted by molar-refractivity contribution is 5.96. The van der Waals surface area contributed by atoms with Gasteiger partial charge in [0.05, 0.1) is 6.54 Å². The Morgan fingerprint density at radius 2 is 1.71 bits per heavy atom. The fourth-order valence-corrected chi connectivity index (χ4v) is 3.70. The molecule has 4 heteroatoms. The molecular weight excluding hydrogens is 300 g/mol. The first-order valence-electron chi connectivity index (χ1n) is 8.44. The van der Waals surface area contributed by atoms with Crippen LogP contribution in [0, 0.1) is 0 Å². The number of hydrogen-bond donors (Lipinski definition) is 0. The van der Waals surface area contributed by atoms with Gasteiger partial charge in [-0.3, -0.25) is 9.59 Å². The summed E-state index contributed by atoms with van der Waals surface area (Å²) in [6.07, 6.45) is 1.60. The summed E-state index contributed by atoms with van der Waals surface area (Å²) >= 11 is 0. The first-order chi connectivity index (χ1) is 11.7. The number of fused-ring (bicyclic) bond motifs is 3. The molecule has 1 saturated heterocycles. The summed E-state index contributed by atoms with van der Waals surface area (Å²) in [7, 11) is 0. The van der Waals surface area contributed by atoms with E-state index in [1.807, 2.05) is 36.4 Å². The first-order valence-corrected chi connectivity index (χ1v) is 8.44. The fourth-order valence-electron chi connectivity index (χ4n) is 3.70. The smallest absolute Gasteiger partial charge is 0.250 e. The van der Waals surface area contributed by atoms with E-state index in [1.165, 1.54) is 11.1 Å². The number of hydrogen-bond acceptors (Lipinski definition) is 2. The summed E-state index contributed by atoms with van der Waals surface area (Å²) in [6, 6.07) is 17.6. The highest BCUT2D eigenvalue weighted by Gasteiger charge is 2.42. The van der Waals surface area contributed by atoms with Gasteiger partial charge in [-0.25, -0.2) is 0 Å². The van der Waals surface area contributed by atoms with Crippen molar-refractivity contribution in [3.63, 3.8) is 0 Å². The third-order valence-electron chi connectivity index (χ3n) is 4.99. The SMILES string of the molecule is O=C1C2c3ccccc3CCN2C(=O)CN1CCc1ccccc1.